The van der Waals surface area contributed by atoms with Crippen LogP contribution in [0.15, 0.2) is 5.38 Å². The third-order valence-electron chi connectivity index (χ3n) is 5.77. The van der Waals surface area contributed by atoms with Crippen LogP contribution in [0.5, 0.6) is 0 Å². The lowest BCUT2D eigenvalue weighted by molar-refractivity contribution is -0.121. The van der Waals surface area contributed by atoms with E-state index in [1.807, 2.05) is 5.38 Å². The lowest BCUT2D eigenvalue weighted by Gasteiger charge is -2.37. The summed E-state index contributed by atoms with van der Waals surface area (Å²) in [4.78, 5) is 30.7. The van der Waals surface area contributed by atoms with Gasteiger partial charge in [0.1, 0.15) is 0 Å². The van der Waals surface area contributed by atoms with Crippen molar-refractivity contribution in [2.75, 3.05) is 32.1 Å². The molecular formula is C20H32N4O3S. The van der Waals surface area contributed by atoms with Crippen molar-refractivity contribution in [3.05, 3.63) is 11.1 Å². The van der Waals surface area contributed by atoms with Crippen molar-refractivity contribution in [1.29, 1.82) is 0 Å². The number of hydrogen-bond acceptors (Lipinski definition) is 6. The fourth-order valence-electron chi connectivity index (χ4n) is 4.35. The van der Waals surface area contributed by atoms with Crippen LogP contribution in [-0.2, 0) is 19.7 Å². The highest BCUT2D eigenvalue weighted by atomic mass is 32.1. The summed E-state index contributed by atoms with van der Waals surface area (Å²) in [5, 5.41) is 8.64. The van der Waals surface area contributed by atoms with Crippen molar-refractivity contribution in [2.24, 2.45) is 11.8 Å². The number of aromatic nitrogens is 1. The Labute approximate surface area is 171 Å². The van der Waals surface area contributed by atoms with Gasteiger partial charge in [-0.15, -0.1) is 11.3 Å². The van der Waals surface area contributed by atoms with Gasteiger partial charge in [-0.3, -0.25) is 14.5 Å². The van der Waals surface area contributed by atoms with Crippen molar-refractivity contribution in [1.82, 2.24) is 15.2 Å². The topological polar surface area (TPSA) is 83.6 Å². The van der Waals surface area contributed by atoms with Gasteiger partial charge in [-0.05, 0) is 24.7 Å². The monoisotopic (exact) mass is 408 g/mol. The molecule has 1 aliphatic heterocycles. The van der Waals surface area contributed by atoms with Crippen LogP contribution in [0.1, 0.15) is 46.2 Å². The van der Waals surface area contributed by atoms with E-state index in [-0.39, 0.29) is 29.4 Å². The number of rotatable bonds is 5. The van der Waals surface area contributed by atoms with E-state index in [0.717, 1.165) is 31.6 Å². The van der Waals surface area contributed by atoms with Crippen LogP contribution in [0, 0.1) is 11.8 Å². The maximum Gasteiger partial charge on any atom is 0.240 e. The molecule has 8 heteroatoms. The van der Waals surface area contributed by atoms with E-state index in [0.29, 0.717) is 23.5 Å². The Hall–Kier alpha value is -1.51. The molecule has 0 bridgehead atoms. The molecule has 2 heterocycles. The standard InChI is InChI=1S/C20H32N4O3S/c1-12(25)21-15-6-13-8-24(9-14(13)7-16(15)27-5)10-18(26)23-19-22-17(11-28-19)20(2,3)4/h11,13-16H,6-10H2,1-5H3,(H,21,25)(H,22,23,26)/t13-,14+,15-,16-/m1/s1. The van der Waals surface area contributed by atoms with Crippen LogP contribution < -0.4 is 10.6 Å². The number of nitrogens with zero attached hydrogens (tertiary/aromatic N) is 2. The first kappa shape index (κ1) is 21.2. The molecule has 3 rings (SSSR count). The number of methoxy groups -OCH3 is 1. The third-order valence-corrected chi connectivity index (χ3v) is 6.53. The molecule has 0 radical (unpaired) electrons. The molecule has 2 amide bonds. The van der Waals surface area contributed by atoms with Crippen molar-refractivity contribution < 1.29 is 14.3 Å². The summed E-state index contributed by atoms with van der Waals surface area (Å²) >= 11 is 1.47. The van der Waals surface area contributed by atoms with E-state index in [2.05, 4.69) is 41.3 Å². The second kappa shape index (κ2) is 8.47. The molecule has 2 fully saturated rings. The molecule has 28 heavy (non-hydrogen) atoms. The number of carbonyl (C=O) groups is 2. The number of carbonyl (C=O) groups excluding carboxylic acids is 2. The summed E-state index contributed by atoms with van der Waals surface area (Å²) in [6.45, 7) is 10.0. The molecule has 0 unspecified atom stereocenters. The zero-order chi connectivity index (χ0) is 20.5. The average molecular weight is 409 g/mol. The second-order valence-corrected chi connectivity index (χ2v) is 9.96. The predicted molar refractivity (Wildman–Crippen MR) is 110 cm³/mol. The number of fused-ring (bicyclic) bond motifs is 1. The first-order valence-corrected chi connectivity index (χ1v) is 10.8. The Morgan fingerprint density at radius 3 is 2.54 bits per heavy atom. The molecule has 1 aromatic heterocycles. The largest absolute Gasteiger partial charge is 0.379 e. The van der Waals surface area contributed by atoms with Gasteiger partial charge in [0.15, 0.2) is 5.13 Å². The first-order chi connectivity index (χ1) is 13.2. The van der Waals surface area contributed by atoms with Gasteiger partial charge in [0.25, 0.3) is 0 Å². The Morgan fingerprint density at radius 1 is 1.29 bits per heavy atom. The van der Waals surface area contributed by atoms with Crippen molar-refractivity contribution in [3.63, 3.8) is 0 Å². The van der Waals surface area contributed by atoms with Crippen molar-refractivity contribution in [3.8, 4) is 0 Å². The summed E-state index contributed by atoms with van der Waals surface area (Å²) in [7, 11) is 1.71. The number of nitrogens with one attached hydrogen (secondary N) is 2. The number of ether oxygens (including phenoxy) is 1. The molecule has 156 valence electrons. The molecule has 7 nitrogen and oxygen atoms in total. The Morgan fingerprint density at radius 2 is 1.96 bits per heavy atom. The lowest BCUT2D eigenvalue weighted by atomic mass is 9.77. The highest BCUT2D eigenvalue weighted by molar-refractivity contribution is 7.13. The second-order valence-electron chi connectivity index (χ2n) is 9.10. The van der Waals surface area contributed by atoms with Crippen LogP contribution >= 0.6 is 11.3 Å². The highest BCUT2D eigenvalue weighted by Gasteiger charge is 2.42. The number of anilines is 1. The molecule has 1 aromatic rings. The van der Waals surface area contributed by atoms with Gasteiger partial charge in [-0.1, -0.05) is 20.8 Å². The zero-order valence-electron chi connectivity index (χ0n) is 17.4. The molecule has 1 saturated carbocycles. The van der Waals surface area contributed by atoms with E-state index < -0.39 is 0 Å². The number of thiazole rings is 1. The maximum atomic E-state index is 12.5. The van der Waals surface area contributed by atoms with Gasteiger partial charge >= 0.3 is 0 Å². The van der Waals surface area contributed by atoms with E-state index in [1.165, 1.54) is 11.3 Å². The summed E-state index contributed by atoms with van der Waals surface area (Å²) in [6.07, 6.45) is 1.87. The van der Waals surface area contributed by atoms with Crippen molar-refractivity contribution >= 4 is 28.3 Å². The number of hydrogen-bond donors (Lipinski definition) is 2. The lowest BCUT2D eigenvalue weighted by Crippen LogP contribution is -2.49. The van der Waals surface area contributed by atoms with Crippen LogP contribution in [0.3, 0.4) is 0 Å². The smallest absolute Gasteiger partial charge is 0.240 e. The van der Waals surface area contributed by atoms with Crippen LogP contribution in [-0.4, -0.2) is 60.6 Å². The molecule has 2 N–H and O–H groups in total. The van der Waals surface area contributed by atoms with Gasteiger partial charge in [0.2, 0.25) is 11.8 Å². The van der Waals surface area contributed by atoms with Crippen molar-refractivity contribution in [2.45, 2.75) is 58.1 Å². The summed E-state index contributed by atoms with van der Waals surface area (Å²) in [6, 6.07) is 0.0589. The zero-order valence-corrected chi connectivity index (χ0v) is 18.3. The number of amides is 2. The third kappa shape index (κ3) is 5.10. The summed E-state index contributed by atoms with van der Waals surface area (Å²) < 4.78 is 5.62. The predicted octanol–water partition coefficient (Wildman–Crippen LogP) is 2.24. The Balaban J connectivity index is 1.53. The summed E-state index contributed by atoms with van der Waals surface area (Å²) in [5.74, 6) is 0.964. The average Bonchev–Trinajstić information content (AvgIpc) is 3.19. The fourth-order valence-corrected chi connectivity index (χ4v) is 5.30. The summed E-state index contributed by atoms with van der Waals surface area (Å²) in [5.41, 5.74) is 0.974. The van der Waals surface area contributed by atoms with E-state index in [9.17, 15) is 9.59 Å². The van der Waals surface area contributed by atoms with Crippen LogP contribution in [0.4, 0.5) is 5.13 Å². The fraction of sp³-hybridized carbons (Fsp3) is 0.750. The Bertz CT molecular complexity index is 715. The highest BCUT2D eigenvalue weighted by Crippen LogP contribution is 2.37. The molecule has 0 aromatic carbocycles. The minimum atomic E-state index is -0.0214. The Kier molecular flexibility index (Phi) is 6.41. The van der Waals surface area contributed by atoms with Crippen LogP contribution in [0.2, 0.25) is 0 Å². The minimum absolute atomic E-state index is 0.0159. The van der Waals surface area contributed by atoms with Gasteiger partial charge in [-0.25, -0.2) is 4.98 Å². The van der Waals surface area contributed by atoms with E-state index >= 15 is 0 Å². The molecular weight excluding hydrogens is 376 g/mol. The molecule has 1 aliphatic carbocycles. The van der Waals surface area contributed by atoms with E-state index in [4.69, 9.17) is 4.74 Å². The van der Waals surface area contributed by atoms with Crippen LogP contribution in [0.25, 0.3) is 0 Å². The van der Waals surface area contributed by atoms with Gasteiger partial charge in [-0.2, -0.15) is 0 Å². The SMILES string of the molecule is CO[C@@H]1C[C@H]2CN(CC(=O)Nc3nc(C(C)(C)C)cs3)C[C@H]2C[C@H]1NC(C)=O. The van der Waals surface area contributed by atoms with E-state index in [1.54, 1.807) is 14.0 Å². The van der Waals surface area contributed by atoms with Gasteiger partial charge < -0.3 is 15.4 Å². The molecule has 0 spiro atoms. The molecule has 4 atom stereocenters. The first-order valence-electron chi connectivity index (χ1n) is 9.93. The quantitative estimate of drug-likeness (QED) is 0.781. The molecule has 2 aliphatic rings. The minimum Gasteiger partial charge on any atom is -0.379 e. The normalized spacial score (nSPS) is 28.0. The van der Waals surface area contributed by atoms with Gasteiger partial charge in [0.05, 0.1) is 24.4 Å². The molecule has 1 saturated heterocycles. The number of likely N-dealkylation sites (tertiary alicyclic amines) is 1. The maximum absolute atomic E-state index is 12.5. The van der Waals surface area contributed by atoms with Gasteiger partial charge in [0, 0.05) is 37.9 Å².